The van der Waals surface area contributed by atoms with Crippen molar-refractivity contribution >= 4 is 12.0 Å². The summed E-state index contributed by atoms with van der Waals surface area (Å²) in [6.07, 6.45) is 2.67. The summed E-state index contributed by atoms with van der Waals surface area (Å²) in [5, 5.41) is 0. The summed E-state index contributed by atoms with van der Waals surface area (Å²) in [5.74, 6) is -0.376. The average molecular weight is 251 g/mol. The molecular weight excluding hydrogens is 233 g/mol. The van der Waals surface area contributed by atoms with E-state index in [1.165, 1.54) is 12.1 Å². The van der Waals surface area contributed by atoms with Crippen molar-refractivity contribution in [2.45, 2.75) is 25.4 Å². The van der Waals surface area contributed by atoms with E-state index in [9.17, 15) is 9.18 Å². The molecule has 1 aliphatic heterocycles. The van der Waals surface area contributed by atoms with E-state index in [1.54, 1.807) is 13.2 Å². The van der Waals surface area contributed by atoms with Gasteiger partial charge in [0.2, 0.25) is 0 Å². The number of carbonyl (C=O) groups is 1. The molecule has 0 aromatic heterocycles. The molecule has 1 saturated heterocycles. The Bertz CT molecular complexity index is 449. The Kier molecular flexibility index (Phi) is 3.66. The smallest absolute Gasteiger partial charge is 0.150 e. The lowest BCUT2D eigenvalue weighted by Gasteiger charge is -2.40. The first kappa shape index (κ1) is 13.0. The fourth-order valence-electron chi connectivity index (χ4n) is 2.44. The number of rotatable bonds is 3. The van der Waals surface area contributed by atoms with Crippen molar-refractivity contribution in [3.05, 3.63) is 29.6 Å². The molecule has 0 aliphatic carbocycles. The van der Waals surface area contributed by atoms with Gasteiger partial charge in [-0.3, -0.25) is 4.79 Å². The molecule has 1 fully saturated rings. The molecule has 3 nitrogen and oxygen atoms in total. The number of aldehydes is 1. The average Bonchev–Trinajstić information content (AvgIpc) is 2.38. The van der Waals surface area contributed by atoms with Crippen LogP contribution < -0.4 is 4.90 Å². The minimum atomic E-state index is -0.376. The predicted octanol–water partition coefficient (Wildman–Crippen LogP) is 2.64. The maximum atomic E-state index is 13.4. The van der Waals surface area contributed by atoms with Crippen molar-refractivity contribution in [3.8, 4) is 0 Å². The Labute approximate surface area is 107 Å². The van der Waals surface area contributed by atoms with Gasteiger partial charge in [-0.15, -0.1) is 0 Å². The number of hydrogen-bond acceptors (Lipinski definition) is 3. The van der Waals surface area contributed by atoms with E-state index in [2.05, 4.69) is 11.8 Å². The number of carbonyl (C=O) groups excluding carboxylic acids is 1. The van der Waals surface area contributed by atoms with Crippen molar-refractivity contribution in [2.75, 3.05) is 25.1 Å². The molecule has 4 heteroatoms. The summed E-state index contributed by atoms with van der Waals surface area (Å²) in [6, 6.07) is 4.43. The van der Waals surface area contributed by atoms with Crippen LogP contribution in [-0.2, 0) is 4.74 Å². The molecule has 0 saturated carbocycles. The van der Waals surface area contributed by atoms with Gasteiger partial charge in [0.1, 0.15) is 12.1 Å². The van der Waals surface area contributed by atoms with Crippen LogP contribution in [0.1, 0.15) is 30.1 Å². The van der Waals surface area contributed by atoms with Gasteiger partial charge in [-0.25, -0.2) is 4.39 Å². The van der Waals surface area contributed by atoms with Gasteiger partial charge in [-0.1, -0.05) is 0 Å². The lowest BCUT2D eigenvalue weighted by atomic mass is 9.94. The summed E-state index contributed by atoms with van der Waals surface area (Å²) in [5.41, 5.74) is 0.918. The third-order valence-corrected chi connectivity index (χ3v) is 3.56. The predicted molar refractivity (Wildman–Crippen MR) is 68.6 cm³/mol. The molecule has 0 amide bonds. The molecule has 98 valence electrons. The Morgan fingerprint density at radius 3 is 2.89 bits per heavy atom. The largest absolute Gasteiger partial charge is 0.377 e. The minimum absolute atomic E-state index is 0.202. The van der Waals surface area contributed by atoms with E-state index in [-0.39, 0.29) is 11.4 Å². The van der Waals surface area contributed by atoms with E-state index in [1.807, 2.05) is 0 Å². The molecule has 0 spiro atoms. The second-order valence-electron chi connectivity index (χ2n) is 5.04. The number of hydrogen-bond donors (Lipinski definition) is 0. The number of anilines is 1. The molecule has 1 atom stereocenters. The van der Waals surface area contributed by atoms with Crippen molar-refractivity contribution in [1.29, 1.82) is 0 Å². The van der Waals surface area contributed by atoms with Crippen LogP contribution in [0.3, 0.4) is 0 Å². The van der Waals surface area contributed by atoms with E-state index in [4.69, 9.17) is 4.74 Å². The SMILES string of the molecule is COC1(C)CCCN(c2cc(F)cc(C=O)c2)C1. The van der Waals surface area contributed by atoms with Gasteiger partial charge in [0.05, 0.1) is 5.60 Å². The Balaban J connectivity index is 2.25. The number of methoxy groups -OCH3 is 1. The zero-order valence-electron chi connectivity index (χ0n) is 10.8. The number of nitrogens with zero attached hydrogens (tertiary/aromatic N) is 1. The molecular formula is C14H18FNO2. The quantitative estimate of drug-likeness (QED) is 0.773. The minimum Gasteiger partial charge on any atom is -0.377 e. The van der Waals surface area contributed by atoms with Gasteiger partial charge in [-0.2, -0.15) is 0 Å². The number of piperidine rings is 1. The van der Waals surface area contributed by atoms with Crippen LogP contribution in [0.15, 0.2) is 18.2 Å². The van der Waals surface area contributed by atoms with E-state index in [0.717, 1.165) is 25.1 Å². The van der Waals surface area contributed by atoms with Crippen molar-refractivity contribution < 1.29 is 13.9 Å². The summed E-state index contributed by atoms with van der Waals surface area (Å²) in [6.45, 7) is 3.63. The lowest BCUT2D eigenvalue weighted by molar-refractivity contribution is -0.00466. The zero-order valence-corrected chi connectivity index (χ0v) is 10.8. The molecule has 0 N–H and O–H groups in total. The molecule has 0 radical (unpaired) electrons. The van der Waals surface area contributed by atoms with Crippen molar-refractivity contribution in [2.24, 2.45) is 0 Å². The zero-order chi connectivity index (χ0) is 13.2. The van der Waals surface area contributed by atoms with Crippen LogP contribution in [0.2, 0.25) is 0 Å². The van der Waals surface area contributed by atoms with Crippen LogP contribution in [0, 0.1) is 5.82 Å². The topological polar surface area (TPSA) is 29.5 Å². The van der Waals surface area contributed by atoms with E-state index < -0.39 is 0 Å². The monoisotopic (exact) mass is 251 g/mol. The summed E-state index contributed by atoms with van der Waals surface area (Å²) in [4.78, 5) is 12.8. The standard InChI is InChI=1S/C14H18FNO2/c1-14(18-2)4-3-5-16(10-14)13-7-11(9-17)6-12(15)8-13/h6-9H,3-5,10H2,1-2H3. The molecule has 0 bridgehead atoms. The highest BCUT2D eigenvalue weighted by atomic mass is 19.1. The van der Waals surface area contributed by atoms with Crippen LogP contribution in [0.4, 0.5) is 10.1 Å². The molecule has 1 aliphatic rings. The number of ether oxygens (including phenoxy) is 1. The maximum absolute atomic E-state index is 13.4. The second kappa shape index (κ2) is 5.06. The molecule has 2 rings (SSSR count). The second-order valence-corrected chi connectivity index (χ2v) is 5.04. The molecule has 1 heterocycles. The lowest BCUT2D eigenvalue weighted by Crippen LogP contribution is -2.47. The Hall–Kier alpha value is -1.42. The Morgan fingerprint density at radius 1 is 1.44 bits per heavy atom. The van der Waals surface area contributed by atoms with Crippen LogP contribution in [0.5, 0.6) is 0 Å². The van der Waals surface area contributed by atoms with Gasteiger partial charge in [0, 0.05) is 31.5 Å². The fourth-order valence-corrected chi connectivity index (χ4v) is 2.44. The van der Waals surface area contributed by atoms with Crippen LogP contribution in [0.25, 0.3) is 0 Å². The first-order chi connectivity index (χ1) is 8.56. The molecule has 1 unspecified atom stereocenters. The van der Waals surface area contributed by atoms with E-state index >= 15 is 0 Å². The molecule has 1 aromatic carbocycles. The third-order valence-electron chi connectivity index (χ3n) is 3.56. The normalized spacial score (nSPS) is 24.1. The number of benzene rings is 1. The molecule has 18 heavy (non-hydrogen) atoms. The summed E-state index contributed by atoms with van der Waals surface area (Å²) in [7, 11) is 1.70. The van der Waals surface area contributed by atoms with Gasteiger partial charge >= 0.3 is 0 Å². The van der Waals surface area contributed by atoms with Crippen molar-refractivity contribution in [1.82, 2.24) is 0 Å². The maximum Gasteiger partial charge on any atom is 0.150 e. The first-order valence-electron chi connectivity index (χ1n) is 6.12. The fraction of sp³-hybridized carbons (Fsp3) is 0.500. The first-order valence-corrected chi connectivity index (χ1v) is 6.12. The van der Waals surface area contributed by atoms with Gasteiger partial charge in [0.25, 0.3) is 0 Å². The highest BCUT2D eigenvalue weighted by molar-refractivity contribution is 5.77. The highest BCUT2D eigenvalue weighted by Crippen LogP contribution is 2.28. The van der Waals surface area contributed by atoms with Crippen LogP contribution in [-0.4, -0.2) is 32.1 Å². The third kappa shape index (κ3) is 2.70. The van der Waals surface area contributed by atoms with E-state index in [0.29, 0.717) is 18.4 Å². The van der Waals surface area contributed by atoms with Gasteiger partial charge in [0.15, 0.2) is 0 Å². The van der Waals surface area contributed by atoms with Crippen LogP contribution >= 0.6 is 0 Å². The van der Waals surface area contributed by atoms with Gasteiger partial charge in [-0.05, 0) is 38.0 Å². The summed E-state index contributed by atoms with van der Waals surface area (Å²) < 4.78 is 18.9. The number of halogens is 1. The summed E-state index contributed by atoms with van der Waals surface area (Å²) >= 11 is 0. The highest BCUT2D eigenvalue weighted by Gasteiger charge is 2.31. The van der Waals surface area contributed by atoms with Gasteiger partial charge < -0.3 is 9.64 Å². The van der Waals surface area contributed by atoms with Crippen molar-refractivity contribution in [3.63, 3.8) is 0 Å². The molecule has 1 aromatic rings. The Morgan fingerprint density at radius 2 is 2.22 bits per heavy atom.